The summed E-state index contributed by atoms with van der Waals surface area (Å²) in [5.41, 5.74) is 12.7. The normalized spacial score (nSPS) is 11.7. The van der Waals surface area contributed by atoms with Crippen LogP contribution in [0.5, 0.6) is 0 Å². The molecule has 10 rings (SSSR count). The smallest absolute Gasteiger partial charge is 0.0971 e. The molecule has 0 N–H and O–H groups in total. The molecule has 49 heavy (non-hydrogen) atoms. The van der Waals surface area contributed by atoms with E-state index in [1.807, 2.05) is 0 Å². The van der Waals surface area contributed by atoms with Gasteiger partial charge in [-0.1, -0.05) is 127 Å². The van der Waals surface area contributed by atoms with Gasteiger partial charge in [0.15, 0.2) is 0 Å². The fraction of sp³-hybridized carbons (Fsp3) is 0. The zero-order valence-corrected chi connectivity index (χ0v) is 26.6. The summed E-state index contributed by atoms with van der Waals surface area (Å²) in [4.78, 5) is 9.38. The Morgan fingerprint density at radius 2 is 0.755 bits per heavy atom. The van der Waals surface area contributed by atoms with Gasteiger partial charge >= 0.3 is 0 Å². The molecule has 2 aromatic heterocycles. The number of benzene rings is 8. The first kappa shape index (κ1) is 27.5. The van der Waals surface area contributed by atoms with Crippen molar-refractivity contribution in [1.82, 2.24) is 14.5 Å². The summed E-state index contributed by atoms with van der Waals surface area (Å²) in [6.07, 6.45) is 3.55. The fourth-order valence-electron chi connectivity index (χ4n) is 7.55. The van der Waals surface area contributed by atoms with Crippen molar-refractivity contribution in [3.8, 4) is 39.1 Å². The van der Waals surface area contributed by atoms with Crippen LogP contribution in [0, 0.1) is 0 Å². The molecule has 228 valence electrons. The van der Waals surface area contributed by atoms with Gasteiger partial charge in [0, 0.05) is 39.6 Å². The average Bonchev–Trinajstić information content (AvgIpc) is 3.52. The Bertz CT molecular complexity index is 2770. The second-order valence-corrected chi connectivity index (χ2v) is 12.6. The number of rotatable bonds is 4. The van der Waals surface area contributed by atoms with E-state index < -0.39 is 0 Å². The second-order valence-electron chi connectivity index (χ2n) is 12.6. The summed E-state index contributed by atoms with van der Waals surface area (Å²) < 4.78 is 2.36. The Kier molecular flexibility index (Phi) is 6.18. The van der Waals surface area contributed by atoms with Crippen LogP contribution in [-0.2, 0) is 0 Å². The van der Waals surface area contributed by atoms with Gasteiger partial charge in [-0.3, -0.25) is 9.97 Å². The van der Waals surface area contributed by atoms with E-state index in [0.717, 1.165) is 27.5 Å². The molecule has 0 unspecified atom stereocenters. The summed E-state index contributed by atoms with van der Waals surface area (Å²) in [6.45, 7) is 0. The van der Waals surface area contributed by atoms with Gasteiger partial charge in [-0.15, -0.1) is 0 Å². The molecular weight excluding hydrogens is 595 g/mol. The summed E-state index contributed by atoms with van der Waals surface area (Å²) in [5, 5.41) is 7.21. The van der Waals surface area contributed by atoms with Gasteiger partial charge < -0.3 is 4.57 Å². The maximum Gasteiger partial charge on any atom is 0.0971 e. The first-order valence-corrected chi connectivity index (χ1v) is 16.7. The minimum atomic E-state index is 0.944. The van der Waals surface area contributed by atoms with E-state index in [2.05, 4.69) is 173 Å². The fourth-order valence-corrected chi connectivity index (χ4v) is 7.55. The van der Waals surface area contributed by atoms with E-state index >= 15 is 0 Å². The number of fused-ring (bicyclic) bond motifs is 9. The molecule has 0 saturated heterocycles. The Morgan fingerprint density at radius 3 is 1.35 bits per heavy atom. The minimum absolute atomic E-state index is 0.944. The van der Waals surface area contributed by atoms with Crippen LogP contribution in [0.25, 0.3) is 93.5 Å². The van der Waals surface area contributed by atoms with Crippen LogP contribution in [0.15, 0.2) is 176 Å². The van der Waals surface area contributed by atoms with Crippen molar-refractivity contribution in [2.24, 2.45) is 0 Å². The lowest BCUT2D eigenvalue weighted by Crippen LogP contribution is -1.93. The van der Waals surface area contributed by atoms with Crippen molar-refractivity contribution in [1.29, 1.82) is 0 Å². The van der Waals surface area contributed by atoms with E-state index in [9.17, 15) is 0 Å². The van der Waals surface area contributed by atoms with Gasteiger partial charge in [0.05, 0.1) is 22.1 Å². The number of aromatic nitrogens is 3. The largest absolute Gasteiger partial charge is 0.309 e. The van der Waals surface area contributed by atoms with Crippen LogP contribution < -0.4 is 0 Å². The molecule has 0 radical (unpaired) electrons. The lowest BCUT2D eigenvalue weighted by Gasteiger charge is -2.12. The summed E-state index contributed by atoms with van der Waals surface area (Å²) >= 11 is 0. The van der Waals surface area contributed by atoms with Crippen LogP contribution in [-0.4, -0.2) is 14.5 Å². The first-order chi connectivity index (χ1) is 24.3. The summed E-state index contributed by atoms with van der Waals surface area (Å²) in [6, 6.07) is 59.2. The monoisotopic (exact) mass is 623 g/mol. The van der Waals surface area contributed by atoms with Gasteiger partial charge in [0.2, 0.25) is 0 Å². The number of hydrogen-bond donors (Lipinski definition) is 0. The van der Waals surface area contributed by atoms with Gasteiger partial charge in [0.1, 0.15) is 0 Å². The highest BCUT2D eigenvalue weighted by Gasteiger charge is 2.13. The molecule has 0 amide bonds. The molecule has 0 aliphatic heterocycles. The molecule has 3 heteroatoms. The molecule has 0 bridgehead atoms. The zero-order valence-electron chi connectivity index (χ0n) is 26.6. The van der Waals surface area contributed by atoms with Crippen molar-refractivity contribution >= 4 is 54.4 Å². The van der Waals surface area contributed by atoms with Crippen molar-refractivity contribution in [2.75, 3.05) is 0 Å². The summed E-state index contributed by atoms with van der Waals surface area (Å²) in [5.74, 6) is 0. The molecule has 0 atom stereocenters. The molecule has 0 fully saturated rings. The maximum absolute atomic E-state index is 4.71. The van der Waals surface area contributed by atoms with Crippen molar-refractivity contribution in [3.05, 3.63) is 176 Å². The van der Waals surface area contributed by atoms with Crippen LogP contribution >= 0.6 is 0 Å². The molecule has 10 aromatic rings. The third-order valence-electron chi connectivity index (χ3n) is 9.90. The van der Waals surface area contributed by atoms with Gasteiger partial charge in [-0.05, 0) is 80.6 Å². The predicted octanol–water partition coefficient (Wildman–Crippen LogP) is 12.0. The van der Waals surface area contributed by atoms with Crippen LogP contribution in [0.2, 0.25) is 0 Å². The Labute approximate surface area is 283 Å². The zero-order chi connectivity index (χ0) is 32.3. The van der Waals surface area contributed by atoms with Crippen molar-refractivity contribution < 1.29 is 0 Å². The van der Waals surface area contributed by atoms with Crippen LogP contribution in [0.4, 0.5) is 0 Å². The van der Waals surface area contributed by atoms with Gasteiger partial charge in [-0.25, -0.2) is 0 Å². The maximum atomic E-state index is 4.71. The molecule has 8 aromatic carbocycles. The molecule has 0 aliphatic carbocycles. The highest BCUT2D eigenvalue weighted by Crippen LogP contribution is 2.37. The quantitative estimate of drug-likeness (QED) is 0.183. The van der Waals surface area contributed by atoms with Gasteiger partial charge in [-0.2, -0.15) is 0 Å². The van der Waals surface area contributed by atoms with E-state index in [4.69, 9.17) is 4.98 Å². The van der Waals surface area contributed by atoms with E-state index in [-0.39, 0.29) is 0 Å². The Morgan fingerprint density at radius 1 is 0.306 bits per heavy atom. The molecule has 2 heterocycles. The third-order valence-corrected chi connectivity index (χ3v) is 9.90. The van der Waals surface area contributed by atoms with E-state index in [1.165, 1.54) is 66.0 Å². The highest BCUT2D eigenvalue weighted by atomic mass is 15.0. The molecule has 0 saturated carbocycles. The lowest BCUT2D eigenvalue weighted by atomic mass is 9.94. The number of nitrogens with zero attached hydrogens (tertiary/aromatic N) is 3. The molecular formula is C46H29N3. The third kappa shape index (κ3) is 4.44. The van der Waals surface area contributed by atoms with Crippen molar-refractivity contribution in [2.45, 2.75) is 0 Å². The minimum Gasteiger partial charge on any atom is -0.309 e. The van der Waals surface area contributed by atoms with Crippen LogP contribution in [0.1, 0.15) is 0 Å². The molecule has 0 spiro atoms. The Hall–Kier alpha value is -6.58. The number of para-hydroxylation sites is 2. The average molecular weight is 624 g/mol. The van der Waals surface area contributed by atoms with Gasteiger partial charge in [0.25, 0.3) is 0 Å². The van der Waals surface area contributed by atoms with Crippen molar-refractivity contribution in [3.63, 3.8) is 0 Å². The highest BCUT2D eigenvalue weighted by molar-refractivity contribution is 6.23. The first-order valence-electron chi connectivity index (χ1n) is 16.7. The van der Waals surface area contributed by atoms with Crippen LogP contribution in [0.3, 0.4) is 0 Å². The van der Waals surface area contributed by atoms with E-state index in [1.54, 1.807) is 12.4 Å². The molecule has 0 aliphatic rings. The Balaban J connectivity index is 0.977. The number of hydrogen-bond acceptors (Lipinski definition) is 2. The summed E-state index contributed by atoms with van der Waals surface area (Å²) in [7, 11) is 0. The second kappa shape index (κ2) is 11.0. The lowest BCUT2D eigenvalue weighted by molar-refractivity contribution is 1.18. The SMILES string of the molecule is c1cc(-c2ccc(-c3ccc4c(c3)c3ccccc3c3nccnc43)cc2)cc(-c2ccc(-n3c4ccccc4c4ccccc43)cc2)c1. The molecule has 3 nitrogen and oxygen atoms in total. The topological polar surface area (TPSA) is 30.7 Å². The van der Waals surface area contributed by atoms with E-state index in [0.29, 0.717) is 0 Å². The standard InChI is InChI=1S/C46H29N3/c1-2-13-40-37(10-1)42-29-35(22-25-41(42)46-45(40)47-26-27-48-46)31-18-16-30(17-19-31)33-8-7-9-34(28-33)32-20-23-36(24-21-32)49-43-14-5-3-11-38(43)39-12-4-6-15-44(39)49/h1-29H. The predicted molar refractivity (Wildman–Crippen MR) is 205 cm³/mol.